The lowest BCUT2D eigenvalue weighted by molar-refractivity contribution is 0.247. The van der Waals surface area contributed by atoms with E-state index in [1.54, 1.807) is 24.3 Å². The highest BCUT2D eigenvalue weighted by Gasteiger charge is 2.22. The van der Waals surface area contributed by atoms with E-state index in [1.807, 2.05) is 12.1 Å². The van der Waals surface area contributed by atoms with Gasteiger partial charge in [0.25, 0.3) is 0 Å². The second-order valence-electron chi connectivity index (χ2n) is 6.69. The van der Waals surface area contributed by atoms with Gasteiger partial charge in [-0.05, 0) is 54.7 Å². The first-order valence-electron chi connectivity index (χ1n) is 8.79. The number of amides is 2. The first-order chi connectivity index (χ1) is 13.0. The van der Waals surface area contributed by atoms with Gasteiger partial charge in [-0.2, -0.15) is 0 Å². The quantitative estimate of drug-likeness (QED) is 0.490. The molecule has 0 bridgehead atoms. The third-order valence-corrected chi connectivity index (χ3v) is 5.55. The minimum atomic E-state index is -0.342. The number of benzene rings is 3. The Labute approximate surface area is 167 Å². The smallest absolute Gasteiger partial charge is 0.319 e. The number of rotatable bonds is 2. The van der Waals surface area contributed by atoms with Gasteiger partial charge in [0.2, 0.25) is 0 Å². The summed E-state index contributed by atoms with van der Waals surface area (Å²) in [6.45, 7) is 0. The first kappa shape index (κ1) is 18.0. The molecule has 0 radical (unpaired) electrons. The van der Waals surface area contributed by atoms with Gasteiger partial charge in [0.1, 0.15) is 5.75 Å². The summed E-state index contributed by atoms with van der Waals surface area (Å²) < 4.78 is 0. The predicted octanol–water partition coefficient (Wildman–Crippen LogP) is 6.05. The zero-order chi connectivity index (χ0) is 19.0. The highest BCUT2D eigenvalue weighted by atomic mass is 35.5. The number of halogens is 2. The SMILES string of the molecule is O=C(Nc1c(Cl)cc(Cl)c2ccc(O)cc12)NC1CCCc2ccccc21. The van der Waals surface area contributed by atoms with E-state index in [2.05, 4.69) is 22.8 Å². The monoisotopic (exact) mass is 400 g/mol. The molecule has 0 fully saturated rings. The van der Waals surface area contributed by atoms with Gasteiger partial charge in [-0.15, -0.1) is 0 Å². The summed E-state index contributed by atoms with van der Waals surface area (Å²) in [7, 11) is 0. The Kier molecular flexibility index (Phi) is 4.85. The van der Waals surface area contributed by atoms with Gasteiger partial charge in [0.05, 0.1) is 21.8 Å². The van der Waals surface area contributed by atoms with Crippen LogP contribution in [0.1, 0.15) is 30.0 Å². The molecule has 1 atom stereocenters. The molecular weight excluding hydrogens is 383 g/mol. The molecule has 6 heteroatoms. The van der Waals surface area contributed by atoms with Crippen molar-refractivity contribution in [3.8, 4) is 5.75 Å². The van der Waals surface area contributed by atoms with Crippen LogP contribution in [0, 0.1) is 0 Å². The third-order valence-electron chi connectivity index (χ3n) is 4.94. The average molecular weight is 401 g/mol. The number of aryl methyl sites for hydroxylation is 1. The molecule has 0 heterocycles. The molecule has 0 aliphatic heterocycles. The molecule has 3 aromatic carbocycles. The summed E-state index contributed by atoms with van der Waals surface area (Å²) in [6.07, 6.45) is 2.95. The van der Waals surface area contributed by atoms with E-state index in [0.29, 0.717) is 26.5 Å². The normalized spacial score (nSPS) is 16.0. The first-order valence-corrected chi connectivity index (χ1v) is 9.54. The summed E-state index contributed by atoms with van der Waals surface area (Å²) in [5.41, 5.74) is 2.85. The number of aromatic hydroxyl groups is 1. The Morgan fingerprint density at radius 3 is 2.70 bits per heavy atom. The summed E-state index contributed by atoms with van der Waals surface area (Å²) >= 11 is 12.6. The van der Waals surface area contributed by atoms with E-state index in [9.17, 15) is 9.90 Å². The van der Waals surface area contributed by atoms with Crippen molar-refractivity contribution >= 4 is 45.7 Å². The van der Waals surface area contributed by atoms with Crippen molar-refractivity contribution in [1.29, 1.82) is 0 Å². The minimum Gasteiger partial charge on any atom is -0.508 e. The Morgan fingerprint density at radius 1 is 1.04 bits per heavy atom. The summed E-state index contributed by atoms with van der Waals surface area (Å²) in [5, 5.41) is 17.8. The molecule has 2 amide bonds. The van der Waals surface area contributed by atoms with Gasteiger partial charge < -0.3 is 15.7 Å². The Balaban J connectivity index is 1.62. The number of phenolic OH excluding ortho intramolecular Hbond substituents is 1. The van der Waals surface area contributed by atoms with Gasteiger partial charge >= 0.3 is 6.03 Å². The molecule has 27 heavy (non-hydrogen) atoms. The number of carbonyl (C=O) groups excluding carboxylic acids is 1. The zero-order valence-corrected chi connectivity index (χ0v) is 15.9. The zero-order valence-electron chi connectivity index (χ0n) is 14.4. The van der Waals surface area contributed by atoms with Crippen LogP contribution in [0.5, 0.6) is 5.75 Å². The fourth-order valence-electron chi connectivity index (χ4n) is 3.68. The van der Waals surface area contributed by atoms with E-state index in [1.165, 1.54) is 5.56 Å². The number of hydrogen-bond acceptors (Lipinski definition) is 2. The average Bonchev–Trinajstić information content (AvgIpc) is 2.65. The molecule has 3 aromatic rings. The maximum atomic E-state index is 12.7. The Morgan fingerprint density at radius 2 is 1.85 bits per heavy atom. The highest BCUT2D eigenvalue weighted by Crippen LogP contribution is 2.38. The molecule has 1 unspecified atom stereocenters. The van der Waals surface area contributed by atoms with Crippen LogP contribution in [0.3, 0.4) is 0 Å². The maximum Gasteiger partial charge on any atom is 0.319 e. The summed E-state index contributed by atoms with van der Waals surface area (Å²) in [6, 6.07) is 14.2. The molecule has 0 saturated carbocycles. The Bertz CT molecular complexity index is 1040. The van der Waals surface area contributed by atoms with Crippen molar-refractivity contribution in [2.75, 3.05) is 5.32 Å². The van der Waals surface area contributed by atoms with E-state index in [-0.39, 0.29) is 17.8 Å². The lowest BCUT2D eigenvalue weighted by Gasteiger charge is -2.26. The topological polar surface area (TPSA) is 61.4 Å². The van der Waals surface area contributed by atoms with Crippen LogP contribution in [0.4, 0.5) is 10.5 Å². The standard InChI is InChI=1S/C21H18Cl2N2O2/c22-17-11-18(23)20(16-10-13(26)8-9-15(16)17)25-21(27)24-19-7-3-5-12-4-1-2-6-14(12)19/h1-2,4,6,8-11,19,26H,3,5,7H2,(H2,24,25,27). The fraction of sp³-hybridized carbons (Fsp3) is 0.190. The van der Waals surface area contributed by atoms with Gasteiger partial charge in [0, 0.05) is 10.8 Å². The van der Waals surface area contributed by atoms with Crippen LogP contribution in [0.25, 0.3) is 10.8 Å². The lowest BCUT2D eigenvalue weighted by Crippen LogP contribution is -2.34. The largest absolute Gasteiger partial charge is 0.508 e. The predicted molar refractivity (Wildman–Crippen MR) is 110 cm³/mol. The van der Waals surface area contributed by atoms with Crippen LogP contribution in [-0.4, -0.2) is 11.1 Å². The number of hydrogen-bond donors (Lipinski definition) is 3. The number of fused-ring (bicyclic) bond motifs is 2. The summed E-state index contributed by atoms with van der Waals surface area (Å²) in [4.78, 5) is 12.7. The van der Waals surface area contributed by atoms with Gasteiger partial charge in [-0.3, -0.25) is 0 Å². The molecule has 0 aromatic heterocycles. The molecule has 0 saturated heterocycles. The fourth-order valence-corrected chi connectivity index (χ4v) is 4.26. The minimum absolute atomic E-state index is 0.0410. The lowest BCUT2D eigenvalue weighted by atomic mass is 9.88. The molecule has 1 aliphatic rings. The van der Waals surface area contributed by atoms with Crippen LogP contribution in [-0.2, 0) is 6.42 Å². The van der Waals surface area contributed by atoms with Crippen LogP contribution < -0.4 is 10.6 Å². The van der Waals surface area contributed by atoms with E-state index in [4.69, 9.17) is 23.2 Å². The van der Waals surface area contributed by atoms with Gasteiger partial charge in [-0.25, -0.2) is 4.79 Å². The van der Waals surface area contributed by atoms with Gasteiger partial charge in [0.15, 0.2) is 0 Å². The number of phenols is 1. The van der Waals surface area contributed by atoms with Crippen molar-refractivity contribution in [2.45, 2.75) is 25.3 Å². The molecule has 3 N–H and O–H groups in total. The molecule has 4 nitrogen and oxygen atoms in total. The molecule has 138 valence electrons. The maximum absolute atomic E-state index is 12.7. The second kappa shape index (κ2) is 7.29. The van der Waals surface area contributed by atoms with Gasteiger partial charge in [-0.1, -0.05) is 47.5 Å². The van der Waals surface area contributed by atoms with E-state index in [0.717, 1.165) is 24.8 Å². The van der Waals surface area contributed by atoms with Crippen LogP contribution >= 0.6 is 23.2 Å². The number of anilines is 1. The van der Waals surface area contributed by atoms with Crippen LogP contribution in [0.2, 0.25) is 10.0 Å². The van der Waals surface area contributed by atoms with Crippen molar-refractivity contribution in [3.63, 3.8) is 0 Å². The number of carbonyl (C=O) groups is 1. The molecule has 0 spiro atoms. The molecular formula is C21H18Cl2N2O2. The van der Waals surface area contributed by atoms with Crippen molar-refractivity contribution in [3.05, 3.63) is 69.7 Å². The molecule has 1 aliphatic carbocycles. The Hall–Kier alpha value is -2.43. The summed E-state index contributed by atoms with van der Waals surface area (Å²) in [5.74, 6) is 0.0745. The second-order valence-corrected chi connectivity index (χ2v) is 7.50. The molecule has 4 rings (SSSR count). The van der Waals surface area contributed by atoms with Crippen molar-refractivity contribution < 1.29 is 9.90 Å². The number of nitrogens with one attached hydrogen (secondary N) is 2. The van der Waals surface area contributed by atoms with Crippen molar-refractivity contribution in [1.82, 2.24) is 5.32 Å². The van der Waals surface area contributed by atoms with Crippen LogP contribution in [0.15, 0.2) is 48.5 Å². The van der Waals surface area contributed by atoms with E-state index >= 15 is 0 Å². The highest BCUT2D eigenvalue weighted by molar-refractivity contribution is 6.41. The van der Waals surface area contributed by atoms with E-state index < -0.39 is 0 Å². The van der Waals surface area contributed by atoms with Crippen molar-refractivity contribution in [2.24, 2.45) is 0 Å². The number of urea groups is 1. The third kappa shape index (κ3) is 3.55.